The van der Waals surface area contributed by atoms with Gasteiger partial charge in [0.05, 0.1) is 35.8 Å². The fraction of sp³-hybridized carbons (Fsp3) is 0.615. The summed E-state index contributed by atoms with van der Waals surface area (Å²) in [6, 6.07) is 4.75. The van der Waals surface area contributed by atoms with E-state index in [4.69, 9.17) is 4.74 Å². The number of carbonyl (C=O) groups excluding carboxylic acids is 2. The van der Waals surface area contributed by atoms with Gasteiger partial charge in [0.25, 0.3) is 0 Å². The molecule has 10 heteroatoms. The van der Waals surface area contributed by atoms with Crippen LogP contribution in [0.5, 0.6) is 5.75 Å². The van der Waals surface area contributed by atoms with Gasteiger partial charge in [-0.1, -0.05) is 12.2 Å². The molecule has 8 nitrogen and oxygen atoms in total. The number of hydrogen-bond donors (Lipinski definition) is 2. The number of carbonyl (C=O) groups is 2. The van der Waals surface area contributed by atoms with Gasteiger partial charge in [-0.15, -0.1) is 12.4 Å². The van der Waals surface area contributed by atoms with E-state index in [2.05, 4.69) is 9.80 Å². The molecule has 2 aliphatic heterocycles. The summed E-state index contributed by atoms with van der Waals surface area (Å²) >= 11 is 0. The first-order valence-corrected chi connectivity index (χ1v) is 12.8. The molecular weight excluding hydrogens is 489 g/mol. The average Bonchev–Trinajstić information content (AvgIpc) is 3.45. The van der Waals surface area contributed by atoms with Crippen molar-refractivity contribution in [1.82, 2.24) is 9.80 Å². The highest BCUT2D eigenvalue weighted by molar-refractivity contribution is 6.06. The topological polar surface area (TPSA) is 93.5 Å². The molecule has 4 atom stereocenters. The van der Waals surface area contributed by atoms with Crippen LogP contribution in [0, 0.1) is 17.7 Å². The Balaban J connectivity index is 0.00000304. The van der Waals surface area contributed by atoms with Gasteiger partial charge in [0.1, 0.15) is 11.6 Å². The highest BCUT2D eigenvalue weighted by Crippen LogP contribution is 2.36. The third-order valence-electron chi connectivity index (χ3n) is 7.82. The van der Waals surface area contributed by atoms with Gasteiger partial charge in [0.15, 0.2) is 0 Å². The smallest absolute Gasteiger partial charge is 0.236 e. The Bertz CT molecular complexity index is 950. The summed E-state index contributed by atoms with van der Waals surface area (Å²) in [6.45, 7) is 4.04. The second kappa shape index (κ2) is 11.5. The van der Waals surface area contributed by atoms with Crippen LogP contribution in [-0.2, 0) is 9.59 Å². The summed E-state index contributed by atoms with van der Waals surface area (Å²) in [7, 11) is 0. The number of amides is 2. The summed E-state index contributed by atoms with van der Waals surface area (Å²) in [4.78, 5) is 31.1. The summed E-state index contributed by atoms with van der Waals surface area (Å²) in [5.41, 5.74) is 0.804. The summed E-state index contributed by atoms with van der Waals surface area (Å²) in [5.74, 6) is -2.11. The molecule has 2 heterocycles. The van der Waals surface area contributed by atoms with Gasteiger partial charge >= 0.3 is 0 Å². The minimum Gasteiger partial charge on any atom is -0.488 e. The molecule has 2 saturated heterocycles. The van der Waals surface area contributed by atoms with E-state index >= 15 is 0 Å². The van der Waals surface area contributed by atoms with Crippen molar-refractivity contribution in [1.29, 1.82) is 0 Å². The van der Waals surface area contributed by atoms with Gasteiger partial charge in [0, 0.05) is 38.8 Å². The van der Waals surface area contributed by atoms with E-state index < -0.39 is 35.9 Å². The molecule has 0 bridgehead atoms. The highest BCUT2D eigenvalue weighted by Gasteiger charge is 2.53. The third-order valence-corrected chi connectivity index (χ3v) is 7.82. The first-order chi connectivity index (χ1) is 16.9. The van der Waals surface area contributed by atoms with Crippen LogP contribution < -0.4 is 9.64 Å². The Morgan fingerprint density at radius 3 is 2.14 bits per heavy atom. The summed E-state index contributed by atoms with van der Waals surface area (Å²) in [6.07, 6.45) is 5.97. The van der Waals surface area contributed by atoms with Gasteiger partial charge in [-0.2, -0.15) is 0 Å². The Morgan fingerprint density at radius 2 is 1.53 bits per heavy atom. The normalized spacial score (nSPS) is 29.0. The molecule has 2 amide bonds. The molecule has 198 valence electrons. The molecule has 0 spiro atoms. The van der Waals surface area contributed by atoms with E-state index in [0.29, 0.717) is 6.42 Å². The molecule has 5 rings (SSSR count). The van der Waals surface area contributed by atoms with Crippen molar-refractivity contribution in [2.75, 3.05) is 44.2 Å². The van der Waals surface area contributed by atoms with Crippen LogP contribution in [0.15, 0.2) is 30.4 Å². The van der Waals surface area contributed by atoms with Crippen LogP contribution in [0.25, 0.3) is 0 Å². The molecule has 4 aliphatic rings. The predicted octanol–water partition coefficient (Wildman–Crippen LogP) is 1.97. The van der Waals surface area contributed by atoms with Crippen LogP contribution in [0.1, 0.15) is 32.1 Å². The van der Waals surface area contributed by atoms with Crippen LogP contribution in [0.3, 0.4) is 0 Å². The number of anilines is 1. The van der Waals surface area contributed by atoms with Crippen LogP contribution in [0.4, 0.5) is 10.1 Å². The van der Waals surface area contributed by atoms with Crippen LogP contribution in [0.2, 0.25) is 0 Å². The van der Waals surface area contributed by atoms with Gasteiger partial charge < -0.3 is 19.8 Å². The lowest BCUT2D eigenvalue weighted by atomic mass is 9.81. The number of hydrogen-bond acceptors (Lipinski definition) is 7. The maximum Gasteiger partial charge on any atom is 0.236 e. The van der Waals surface area contributed by atoms with Crippen LogP contribution in [-0.4, -0.2) is 89.4 Å². The zero-order valence-corrected chi connectivity index (χ0v) is 21.1. The lowest BCUT2D eigenvalue weighted by Crippen LogP contribution is -2.47. The number of aliphatic hydroxyl groups is 2. The van der Waals surface area contributed by atoms with E-state index in [1.165, 1.54) is 36.0 Å². The van der Waals surface area contributed by atoms with Gasteiger partial charge in [0.2, 0.25) is 11.8 Å². The number of rotatable bonds is 7. The lowest BCUT2D eigenvalue weighted by Gasteiger charge is -2.37. The van der Waals surface area contributed by atoms with Crippen molar-refractivity contribution < 1.29 is 28.9 Å². The first kappa shape index (κ1) is 26.9. The number of nitrogens with zero attached hydrogens (tertiary/aromatic N) is 3. The maximum absolute atomic E-state index is 14.0. The molecule has 0 radical (unpaired) electrons. The zero-order chi connectivity index (χ0) is 24.5. The minimum atomic E-state index is -1.04. The molecule has 0 aromatic heterocycles. The highest BCUT2D eigenvalue weighted by atomic mass is 35.5. The number of ether oxygens (including phenoxy) is 1. The number of piperazine rings is 1. The van der Waals surface area contributed by atoms with E-state index in [1.807, 2.05) is 0 Å². The fourth-order valence-corrected chi connectivity index (χ4v) is 5.87. The molecule has 1 saturated carbocycles. The van der Waals surface area contributed by atoms with Gasteiger partial charge in [-0.25, -0.2) is 4.39 Å². The van der Waals surface area contributed by atoms with E-state index in [9.17, 15) is 24.2 Å². The lowest BCUT2D eigenvalue weighted by molar-refractivity contribution is -0.140. The molecule has 1 aromatic carbocycles. The molecule has 1 aromatic rings. The molecular formula is C26H35ClFN3O5. The number of fused-ring (bicyclic) bond motifs is 1. The number of aliphatic hydroxyl groups excluding tert-OH is 2. The molecule has 2 N–H and O–H groups in total. The average molecular weight is 524 g/mol. The minimum absolute atomic E-state index is 0. The number of imide groups is 1. The van der Waals surface area contributed by atoms with Crippen molar-refractivity contribution in [2.45, 2.75) is 50.4 Å². The number of likely N-dealkylation sites (tertiary alicyclic amines) is 1. The molecule has 3 fully saturated rings. The van der Waals surface area contributed by atoms with Crippen molar-refractivity contribution in [3.8, 4) is 5.75 Å². The van der Waals surface area contributed by atoms with Crippen molar-refractivity contribution in [3.05, 3.63) is 36.2 Å². The number of halogens is 2. The zero-order valence-electron chi connectivity index (χ0n) is 20.3. The van der Waals surface area contributed by atoms with Crippen LogP contribution >= 0.6 is 12.4 Å². The van der Waals surface area contributed by atoms with Gasteiger partial charge in [-0.05, 0) is 50.8 Å². The fourth-order valence-electron chi connectivity index (χ4n) is 5.87. The third kappa shape index (κ3) is 5.39. The number of benzene rings is 1. The molecule has 2 aliphatic carbocycles. The molecule has 4 unspecified atom stereocenters. The standard InChI is InChI=1S/C26H34FN3O5.ClH/c27-17-6-9-22(35-18-4-1-2-5-18)19(16-17)29-14-12-28(13-15-29)10-3-11-30-25(33)23-20(31)7-8-21(32)24(23)26(30)34;/h6-9,16,18,20-21,23-24,31-32H,1-5,10-15H2;1H. The Hall–Kier alpha value is -2.20. The largest absolute Gasteiger partial charge is 0.488 e. The van der Waals surface area contributed by atoms with Gasteiger partial charge in [-0.3, -0.25) is 19.4 Å². The summed E-state index contributed by atoms with van der Waals surface area (Å²) < 4.78 is 20.2. The SMILES string of the molecule is Cl.O=C1C2C(O)C=CC(O)C2C(=O)N1CCCN1CCN(c2cc(F)ccc2OC2CCCC2)CC1. The maximum atomic E-state index is 14.0. The monoisotopic (exact) mass is 523 g/mol. The van der Waals surface area contributed by atoms with Crippen molar-refractivity contribution in [2.24, 2.45) is 11.8 Å². The second-order valence-electron chi connectivity index (χ2n) is 10.1. The van der Waals surface area contributed by atoms with E-state index in [0.717, 1.165) is 57.0 Å². The van der Waals surface area contributed by atoms with Crippen molar-refractivity contribution >= 4 is 29.9 Å². The van der Waals surface area contributed by atoms with Crippen molar-refractivity contribution in [3.63, 3.8) is 0 Å². The predicted molar refractivity (Wildman–Crippen MR) is 135 cm³/mol. The molecule has 36 heavy (non-hydrogen) atoms. The quantitative estimate of drug-likeness (QED) is 0.417. The Labute approximate surface area is 217 Å². The van der Waals surface area contributed by atoms with E-state index in [-0.39, 0.29) is 30.9 Å². The Kier molecular flexibility index (Phi) is 8.55. The van der Waals surface area contributed by atoms with E-state index in [1.54, 1.807) is 12.1 Å². The Morgan fingerprint density at radius 1 is 0.917 bits per heavy atom. The summed E-state index contributed by atoms with van der Waals surface area (Å²) in [5, 5.41) is 20.2. The first-order valence-electron chi connectivity index (χ1n) is 12.8. The second-order valence-corrected chi connectivity index (χ2v) is 10.1.